The zero-order valence-corrected chi connectivity index (χ0v) is 12.4. The summed E-state index contributed by atoms with van der Waals surface area (Å²) in [5.41, 5.74) is 3.90. The molecule has 20 heavy (non-hydrogen) atoms. The van der Waals surface area contributed by atoms with Gasteiger partial charge in [-0.1, -0.05) is 32.4 Å². The summed E-state index contributed by atoms with van der Waals surface area (Å²) in [6, 6.07) is 0. The first kappa shape index (κ1) is 16.6. The lowest BCUT2D eigenvalue weighted by Gasteiger charge is -2.14. The molecule has 0 saturated heterocycles. The highest BCUT2D eigenvalue weighted by Crippen LogP contribution is 2.29. The van der Waals surface area contributed by atoms with Crippen molar-refractivity contribution < 1.29 is 9.59 Å². The quantitative estimate of drug-likeness (QED) is 0.335. The molecule has 1 heterocycles. The maximum Gasteiger partial charge on any atom is 0.261 e. The van der Waals surface area contributed by atoms with Crippen molar-refractivity contribution >= 4 is 11.8 Å². The van der Waals surface area contributed by atoms with E-state index < -0.39 is 0 Å². The number of hydrogen-bond acceptors (Lipinski definition) is 4. The minimum Gasteiger partial charge on any atom is -0.275 e. The smallest absolute Gasteiger partial charge is 0.261 e. The van der Waals surface area contributed by atoms with Crippen molar-refractivity contribution in [2.24, 2.45) is 5.84 Å². The van der Waals surface area contributed by atoms with Crippen LogP contribution in [0.15, 0.2) is 23.3 Å². The van der Waals surface area contributed by atoms with Crippen LogP contribution in [0, 0.1) is 0 Å². The van der Waals surface area contributed by atoms with Gasteiger partial charge in [-0.25, -0.2) is 0 Å². The number of nitrogens with zero attached hydrogens (tertiary/aromatic N) is 1. The Morgan fingerprint density at radius 3 is 2.60 bits per heavy atom. The number of unbranched alkanes of at least 4 members (excludes halogenated alkanes) is 2. The predicted octanol–water partition coefficient (Wildman–Crippen LogP) is 1.66. The van der Waals surface area contributed by atoms with Crippen molar-refractivity contribution in [2.45, 2.75) is 46.0 Å². The van der Waals surface area contributed by atoms with Crippen LogP contribution in [-0.4, -0.2) is 29.8 Å². The molecule has 0 bridgehead atoms. The third-order valence-corrected chi connectivity index (χ3v) is 3.35. The lowest BCUT2D eigenvalue weighted by Crippen LogP contribution is -2.32. The minimum atomic E-state index is -0.122. The zero-order chi connectivity index (χ0) is 15.0. The molecule has 0 saturated carbocycles. The molecule has 0 unspecified atom stereocenters. The lowest BCUT2D eigenvalue weighted by atomic mass is 10.00. The predicted molar refractivity (Wildman–Crippen MR) is 79.5 cm³/mol. The van der Waals surface area contributed by atoms with E-state index in [1.165, 1.54) is 4.90 Å². The largest absolute Gasteiger partial charge is 0.275 e. The molecule has 0 atom stereocenters. The van der Waals surface area contributed by atoms with Crippen LogP contribution >= 0.6 is 0 Å². The van der Waals surface area contributed by atoms with Crippen LogP contribution in [0.3, 0.4) is 0 Å². The number of hydrazine groups is 1. The summed E-state index contributed by atoms with van der Waals surface area (Å²) >= 11 is 0. The fraction of sp³-hybridized carbons (Fsp3) is 0.600. The van der Waals surface area contributed by atoms with Gasteiger partial charge in [0.25, 0.3) is 11.8 Å². The Labute approximate surface area is 120 Å². The molecule has 3 N–H and O–H groups in total. The number of carbonyl (C=O) groups excluding carboxylic acids is 2. The van der Waals surface area contributed by atoms with E-state index in [0.717, 1.165) is 32.2 Å². The number of rotatable bonds is 6. The molecule has 0 aromatic rings. The zero-order valence-electron chi connectivity index (χ0n) is 12.4. The molecule has 5 nitrogen and oxygen atoms in total. The van der Waals surface area contributed by atoms with Crippen LogP contribution in [0.4, 0.5) is 0 Å². The molecule has 0 fully saturated rings. The van der Waals surface area contributed by atoms with E-state index in [2.05, 4.69) is 5.43 Å². The Hall–Kier alpha value is -1.46. The molecule has 112 valence electrons. The molecule has 0 aromatic carbocycles. The second kappa shape index (κ2) is 8.66. The van der Waals surface area contributed by atoms with Crippen molar-refractivity contribution in [2.75, 3.05) is 13.1 Å². The number of nitrogens with one attached hydrogen (secondary N) is 1. The normalized spacial score (nSPS) is 17.2. The number of amides is 2. The minimum absolute atomic E-state index is 0.0868. The van der Waals surface area contributed by atoms with Gasteiger partial charge in [-0.05, 0) is 25.7 Å². The highest BCUT2D eigenvalue weighted by atomic mass is 16.2. The number of carbonyl (C=O) groups is 2. The van der Waals surface area contributed by atoms with Crippen LogP contribution < -0.4 is 11.3 Å². The van der Waals surface area contributed by atoms with Crippen molar-refractivity contribution in [3.05, 3.63) is 23.3 Å². The van der Waals surface area contributed by atoms with Crippen molar-refractivity contribution in [3.63, 3.8) is 0 Å². The van der Waals surface area contributed by atoms with Crippen molar-refractivity contribution in [1.29, 1.82) is 0 Å². The second-order valence-corrected chi connectivity index (χ2v) is 4.61. The number of nitrogens with two attached hydrogens (primary N) is 1. The molecule has 2 rings (SSSR count). The Morgan fingerprint density at radius 1 is 1.20 bits per heavy atom. The summed E-state index contributed by atoms with van der Waals surface area (Å²) in [5, 5.41) is 0. The molecule has 0 spiro atoms. The first-order valence-corrected chi connectivity index (χ1v) is 7.45. The first-order valence-electron chi connectivity index (χ1n) is 7.45. The summed E-state index contributed by atoms with van der Waals surface area (Å²) in [6.07, 6.45) is 8.06. The Morgan fingerprint density at radius 2 is 1.95 bits per heavy atom. The van der Waals surface area contributed by atoms with Gasteiger partial charge in [-0.2, -0.15) is 0 Å². The van der Waals surface area contributed by atoms with Crippen molar-refractivity contribution in [3.8, 4) is 0 Å². The van der Waals surface area contributed by atoms with Crippen LogP contribution in [0.5, 0.6) is 0 Å². The van der Waals surface area contributed by atoms with E-state index in [4.69, 9.17) is 5.84 Å². The van der Waals surface area contributed by atoms with Gasteiger partial charge in [0.15, 0.2) is 0 Å². The van der Waals surface area contributed by atoms with Gasteiger partial charge < -0.3 is 0 Å². The molecule has 2 aliphatic rings. The van der Waals surface area contributed by atoms with E-state index in [0.29, 0.717) is 24.1 Å². The average Bonchev–Trinajstić information content (AvgIpc) is 2.74. The monoisotopic (exact) mass is 279 g/mol. The first-order chi connectivity index (χ1) is 9.75. The van der Waals surface area contributed by atoms with Gasteiger partial charge >= 0.3 is 0 Å². The van der Waals surface area contributed by atoms with Gasteiger partial charge in [0.05, 0.1) is 0 Å². The molecule has 0 radical (unpaired) electrons. The highest BCUT2D eigenvalue weighted by Gasteiger charge is 2.36. The Kier molecular flexibility index (Phi) is 7.18. The molecular weight excluding hydrogens is 254 g/mol. The van der Waals surface area contributed by atoms with Gasteiger partial charge in [0.1, 0.15) is 0 Å². The molecular formula is C15H25N3O2. The summed E-state index contributed by atoms with van der Waals surface area (Å²) < 4.78 is 0. The summed E-state index contributed by atoms with van der Waals surface area (Å²) in [5.74, 6) is 4.96. The number of imide groups is 1. The number of allylic oxidation sites excluding steroid dienone is 1. The third-order valence-electron chi connectivity index (χ3n) is 3.35. The summed E-state index contributed by atoms with van der Waals surface area (Å²) in [4.78, 5) is 25.5. The maximum absolute atomic E-state index is 12.1. The molecule has 0 aromatic heterocycles. The molecule has 5 heteroatoms. The van der Waals surface area contributed by atoms with E-state index in [9.17, 15) is 9.59 Å². The second-order valence-electron chi connectivity index (χ2n) is 4.61. The average molecular weight is 279 g/mol. The van der Waals surface area contributed by atoms with E-state index in [-0.39, 0.29) is 11.8 Å². The van der Waals surface area contributed by atoms with Crippen LogP contribution in [0.2, 0.25) is 0 Å². The van der Waals surface area contributed by atoms with Gasteiger partial charge in [0.2, 0.25) is 0 Å². The standard InChI is InChI=1S/C13H19N3O2.C2H6/c14-15-8-4-1-5-9-16-12(17)10-6-2-3-7-11(10)13(16)18;1-2/h2,6,15H,1,3-5,7-9,14H2;1-2H3. The van der Waals surface area contributed by atoms with E-state index >= 15 is 0 Å². The van der Waals surface area contributed by atoms with Crippen molar-refractivity contribution in [1.82, 2.24) is 10.3 Å². The molecule has 2 amide bonds. The highest BCUT2D eigenvalue weighted by molar-refractivity contribution is 6.20. The Balaban J connectivity index is 0.000000956. The molecule has 1 aliphatic carbocycles. The summed E-state index contributed by atoms with van der Waals surface area (Å²) in [6.45, 7) is 5.28. The van der Waals surface area contributed by atoms with Gasteiger partial charge in [-0.15, -0.1) is 0 Å². The van der Waals surface area contributed by atoms with Crippen LogP contribution in [-0.2, 0) is 9.59 Å². The van der Waals surface area contributed by atoms with Crippen LogP contribution in [0.25, 0.3) is 0 Å². The van der Waals surface area contributed by atoms with E-state index in [1.54, 1.807) is 6.08 Å². The number of hydrogen-bond donors (Lipinski definition) is 2. The van der Waals surface area contributed by atoms with E-state index in [1.807, 2.05) is 19.9 Å². The third kappa shape index (κ3) is 3.77. The Bertz CT molecular complexity index is 413. The summed E-state index contributed by atoms with van der Waals surface area (Å²) in [7, 11) is 0. The fourth-order valence-electron chi connectivity index (χ4n) is 2.36. The topological polar surface area (TPSA) is 75.4 Å². The maximum atomic E-state index is 12.1. The van der Waals surface area contributed by atoms with Gasteiger partial charge in [-0.3, -0.25) is 25.8 Å². The molecule has 1 aliphatic heterocycles. The SMILES string of the molecule is CC.NNCCCCCN1C(=O)C2=C(CCC=C2)C1=O. The lowest BCUT2D eigenvalue weighted by molar-refractivity contribution is -0.137. The van der Waals surface area contributed by atoms with Crippen LogP contribution in [0.1, 0.15) is 46.0 Å². The fourth-order valence-corrected chi connectivity index (χ4v) is 2.36. The van der Waals surface area contributed by atoms with Gasteiger partial charge in [0, 0.05) is 24.2 Å².